The number of nitrogens with one attached hydrogen (secondary N) is 1. The fourth-order valence-electron chi connectivity index (χ4n) is 4.05. The van der Waals surface area contributed by atoms with Crippen molar-refractivity contribution in [2.24, 2.45) is 5.92 Å². The first kappa shape index (κ1) is 19.3. The van der Waals surface area contributed by atoms with Gasteiger partial charge in [0.05, 0.1) is 0 Å². The average molecular weight is 401 g/mol. The molecule has 150 valence electrons. The Bertz CT molecular complexity index is 1030. The van der Waals surface area contributed by atoms with Crippen molar-refractivity contribution in [1.29, 1.82) is 0 Å². The van der Waals surface area contributed by atoms with Gasteiger partial charge in [-0.05, 0) is 50.8 Å². The molecule has 3 aromatic rings. The Kier molecular flexibility index (Phi) is 5.33. The van der Waals surface area contributed by atoms with Crippen LogP contribution in [0.25, 0.3) is 11.2 Å². The van der Waals surface area contributed by atoms with E-state index in [1.165, 1.54) is 28.2 Å². The number of aryl methyl sites for hydroxylation is 2. The third-order valence-corrected chi connectivity index (χ3v) is 6.52. The van der Waals surface area contributed by atoms with Gasteiger partial charge in [0.1, 0.15) is 5.82 Å². The molecule has 1 saturated heterocycles. The number of H-pyrrole nitrogens is 1. The molecule has 4 heterocycles. The van der Waals surface area contributed by atoms with E-state index in [1.807, 2.05) is 29.9 Å². The zero-order chi connectivity index (χ0) is 19.8. The lowest BCUT2D eigenvalue weighted by molar-refractivity contribution is 0.153. The molecule has 0 radical (unpaired) electrons. The molecule has 0 aromatic carbocycles. The van der Waals surface area contributed by atoms with Crippen LogP contribution in [0.3, 0.4) is 0 Å². The Balaban J connectivity index is 1.51. The van der Waals surface area contributed by atoms with Crippen LogP contribution in [0.2, 0.25) is 0 Å². The summed E-state index contributed by atoms with van der Waals surface area (Å²) in [5.74, 6) is 1.33. The summed E-state index contributed by atoms with van der Waals surface area (Å²) in [7, 11) is 0. The molecule has 0 bridgehead atoms. The third-order valence-electron chi connectivity index (χ3n) is 5.51. The molecule has 1 atom stereocenters. The SMILES string of the molecule is Cc1cc(CN2CCC[C@@H](Cn3nnc4c(=O)[nH]c(C(C)C)nc43)C2)c(C)s1. The molecule has 4 rings (SSSR count). The summed E-state index contributed by atoms with van der Waals surface area (Å²) >= 11 is 1.88. The topological polar surface area (TPSA) is 79.7 Å². The predicted molar refractivity (Wildman–Crippen MR) is 112 cm³/mol. The molecule has 1 N–H and O–H groups in total. The summed E-state index contributed by atoms with van der Waals surface area (Å²) in [5.41, 5.74) is 2.19. The molecular weight excluding hydrogens is 372 g/mol. The van der Waals surface area contributed by atoms with Gasteiger partial charge >= 0.3 is 0 Å². The molecule has 0 amide bonds. The maximum absolute atomic E-state index is 12.3. The van der Waals surface area contributed by atoms with Gasteiger partial charge in [0, 0.05) is 35.3 Å². The first-order chi connectivity index (χ1) is 13.4. The van der Waals surface area contributed by atoms with Crippen molar-refractivity contribution < 1.29 is 0 Å². The van der Waals surface area contributed by atoms with Crippen LogP contribution in [0.4, 0.5) is 0 Å². The number of hydrogen-bond donors (Lipinski definition) is 1. The second kappa shape index (κ2) is 7.75. The minimum absolute atomic E-state index is 0.155. The van der Waals surface area contributed by atoms with Crippen molar-refractivity contribution in [3.05, 3.63) is 37.6 Å². The number of nitrogens with zero attached hydrogens (tertiary/aromatic N) is 5. The van der Waals surface area contributed by atoms with Crippen molar-refractivity contribution in [3.63, 3.8) is 0 Å². The van der Waals surface area contributed by atoms with E-state index in [1.54, 1.807) is 0 Å². The number of hydrogen-bond acceptors (Lipinski definition) is 6. The van der Waals surface area contributed by atoms with E-state index in [-0.39, 0.29) is 11.5 Å². The van der Waals surface area contributed by atoms with E-state index in [2.05, 4.69) is 45.1 Å². The van der Waals surface area contributed by atoms with Gasteiger partial charge in [-0.1, -0.05) is 19.1 Å². The van der Waals surface area contributed by atoms with Crippen LogP contribution in [-0.4, -0.2) is 43.0 Å². The normalized spacial score (nSPS) is 18.4. The van der Waals surface area contributed by atoms with Crippen LogP contribution in [-0.2, 0) is 13.1 Å². The average Bonchev–Trinajstić information content (AvgIpc) is 3.18. The molecule has 1 aliphatic heterocycles. The Morgan fingerprint density at radius 1 is 1.36 bits per heavy atom. The number of fused-ring (bicyclic) bond motifs is 1. The quantitative estimate of drug-likeness (QED) is 0.711. The largest absolute Gasteiger partial charge is 0.308 e. The zero-order valence-corrected chi connectivity index (χ0v) is 17.8. The molecule has 0 aliphatic carbocycles. The first-order valence-electron chi connectivity index (χ1n) is 10.0. The van der Waals surface area contributed by atoms with E-state index in [0.29, 0.717) is 22.9 Å². The smallest absolute Gasteiger partial charge is 0.281 e. The summed E-state index contributed by atoms with van der Waals surface area (Å²) < 4.78 is 1.82. The Hall–Kier alpha value is -2.06. The molecule has 0 saturated carbocycles. The van der Waals surface area contributed by atoms with E-state index in [9.17, 15) is 4.79 Å². The molecule has 1 fully saturated rings. The second-order valence-corrected chi connectivity index (χ2v) is 9.69. The highest BCUT2D eigenvalue weighted by Gasteiger charge is 2.23. The molecule has 7 nitrogen and oxygen atoms in total. The van der Waals surface area contributed by atoms with Crippen LogP contribution < -0.4 is 5.56 Å². The van der Waals surface area contributed by atoms with Crippen LogP contribution >= 0.6 is 11.3 Å². The van der Waals surface area contributed by atoms with Gasteiger partial charge in [0.15, 0.2) is 11.2 Å². The van der Waals surface area contributed by atoms with Crippen LogP contribution in [0.1, 0.15) is 53.7 Å². The summed E-state index contributed by atoms with van der Waals surface area (Å²) in [4.78, 5) is 25.1. The highest BCUT2D eigenvalue weighted by Crippen LogP contribution is 2.25. The van der Waals surface area contributed by atoms with Crippen LogP contribution in [0.5, 0.6) is 0 Å². The number of rotatable bonds is 5. The number of aromatic amines is 1. The Morgan fingerprint density at radius 2 is 2.18 bits per heavy atom. The summed E-state index contributed by atoms with van der Waals surface area (Å²) in [6.45, 7) is 12.4. The fourth-order valence-corrected chi connectivity index (χ4v) is 4.99. The molecular formula is C20H28N6OS. The molecule has 0 spiro atoms. The first-order valence-corrected chi connectivity index (χ1v) is 10.8. The van der Waals surface area contributed by atoms with Gasteiger partial charge in [-0.25, -0.2) is 9.67 Å². The lowest BCUT2D eigenvalue weighted by Gasteiger charge is -2.32. The Morgan fingerprint density at radius 3 is 2.89 bits per heavy atom. The van der Waals surface area contributed by atoms with E-state index >= 15 is 0 Å². The number of piperidine rings is 1. The highest BCUT2D eigenvalue weighted by molar-refractivity contribution is 7.12. The standard InChI is InChI=1S/C20H28N6OS/c1-12(2)18-21-19-17(20(27)22-18)23-24-26(19)10-15-6-5-7-25(9-15)11-16-8-13(3)28-14(16)4/h8,12,15H,5-7,9-11H2,1-4H3,(H,21,22,27)/t15-/m1/s1. The minimum Gasteiger partial charge on any atom is -0.308 e. The number of aromatic nitrogens is 5. The molecule has 8 heteroatoms. The third kappa shape index (κ3) is 3.89. The predicted octanol–water partition coefficient (Wildman–Crippen LogP) is 3.23. The lowest BCUT2D eigenvalue weighted by atomic mass is 9.97. The van der Waals surface area contributed by atoms with Crippen molar-refractivity contribution in [2.45, 2.75) is 59.5 Å². The van der Waals surface area contributed by atoms with E-state index < -0.39 is 0 Å². The van der Waals surface area contributed by atoms with Crippen LogP contribution in [0, 0.1) is 19.8 Å². The van der Waals surface area contributed by atoms with Gasteiger partial charge in [0.25, 0.3) is 5.56 Å². The van der Waals surface area contributed by atoms with Gasteiger partial charge in [-0.15, -0.1) is 16.4 Å². The van der Waals surface area contributed by atoms with Gasteiger partial charge in [0.2, 0.25) is 0 Å². The number of likely N-dealkylation sites (tertiary alicyclic amines) is 1. The maximum atomic E-state index is 12.3. The zero-order valence-electron chi connectivity index (χ0n) is 17.0. The van der Waals surface area contributed by atoms with Crippen molar-refractivity contribution in [1.82, 2.24) is 29.9 Å². The van der Waals surface area contributed by atoms with Crippen molar-refractivity contribution in [3.8, 4) is 0 Å². The summed E-state index contributed by atoms with van der Waals surface area (Å²) in [5, 5.41) is 8.32. The molecule has 28 heavy (non-hydrogen) atoms. The van der Waals surface area contributed by atoms with E-state index in [0.717, 1.165) is 26.2 Å². The lowest BCUT2D eigenvalue weighted by Crippen LogP contribution is -2.36. The highest BCUT2D eigenvalue weighted by atomic mass is 32.1. The van der Waals surface area contributed by atoms with Gasteiger partial charge in [-0.3, -0.25) is 9.69 Å². The molecule has 0 unspecified atom stereocenters. The molecule has 1 aliphatic rings. The van der Waals surface area contributed by atoms with Crippen LogP contribution in [0.15, 0.2) is 10.9 Å². The van der Waals surface area contributed by atoms with Gasteiger partial charge < -0.3 is 4.98 Å². The fraction of sp³-hybridized carbons (Fsp3) is 0.600. The van der Waals surface area contributed by atoms with Crippen molar-refractivity contribution >= 4 is 22.5 Å². The number of thiophene rings is 1. The Labute approximate surface area is 168 Å². The second-order valence-electron chi connectivity index (χ2n) is 8.23. The van der Waals surface area contributed by atoms with Gasteiger partial charge in [-0.2, -0.15) is 0 Å². The molecule has 3 aromatic heterocycles. The summed E-state index contributed by atoms with van der Waals surface area (Å²) in [6.07, 6.45) is 2.35. The monoisotopic (exact) mass is 400 g/mol. The summed E-state index contributed by atoms with van der Waals surface area (Å²) in [6, 6.07) is 2.32. The van der Waals surface area contributed by atoms with E-state index in [4.69, 9.17) is 0 Å². The van der Waals surface area contributed by atoms with Crippen molar-refractivity contribution in [2.75, 3.05) is 13.1 Å². The maximum Gasteiger partial charge on any atom is 0.281 e. The minimum atomic E-state index is -0.200.